The van der Waals surface area contributed by atoms with Crippen LogP contribution in [0.3, 0.4) is 0 Å². The van der Waals surface area contributed by atoms with Crippen molar-refractivity contribution in [3.05, 3.63) is 36.3 Å². The number of carbonyl (C=O) groups is 1. The number of aromatic amines is 1. The van der Waals surface area contributed by atoms with Crippen LogP contribution in [0, 0.1) is 5.92 Å². The average molecular weight is 353 g/mol. The molecule has 2 amide bonds. The van der Waals surface area contributed by atoms with Gasteiger partial charge in [-0.1, -0.05) is 17.3 Å². The van der Waals surface area contributed by atoms with Gasteiger partial charge in [-0.15, -0.1) is 5.10 Å². The molecule has 1 aliphatic rings. The molecule has 1 saturated heterocycles. The molecule has 3 heterocycles. The van der Waals surface area contributed by atoms with Crippen molar-refractivity contribution in [1.82, 2.24) is 29.9 Å². The second kappa shape index (κ2) is 7.15. The summed E-state index contributed by atoms with van der Waals surface area (Å²) in [5.41, 5.74) is 2.05. The fourth-order valence-corrected chi connectivity index (χ4v) is 3.49. The topological polar surface area (TPSA) is 91.7 Å². The van der Waals surface area contributed by atoms with Crippen LogP contribution in [-0.2, 0) is 13.0 Å². The highest BCUT2D eigenvalue weighted by atomic mass is 16.2. The number of hydrogen-bond acceptors (Lipinski definition) is 4. The molecule has 2 N–H and O–H groups in total. The van der Waals surface area contributed by atoms with Crippen LogP contribution in [0.5, 0.6) is 0 Å². The van der Waals surface area contributed by atoms with Crippen LogP contribution in [0.25, 0.3) is 11.0 Å². The third-order valence-electron chi connectivity index (χ3n) is 4.82. The van der Waals surface area contributed by atoms with Gasteiger partial charge in [-0.05, 0) is 37.8 Å². The number of nitrogens with zero attached hydrogens (tertiary/aromatic N) is 5. The molecule has 0 saturated carbocycles. The van der Waals surface area contributed by atoms with E-state index in [0.29, 0.717) is 11.7 Å². The van der Waals surface area contributed by atoms with Gasteiger partial charge in [0.15, 0.2) is 5.82 Å². The maximum atomic E-state index is 12.5. The minimum absolute atomic E-state index is 0.109. The van der Waals surface area contributed by atoms with Crippen molar-refractivity contribution in [1.29, 1.82) is 0 Å². The Labute approximate surface area is 151 Å². The number of urea groups is 1. The number of aryl methyl sites for hydroxylation is 1. The highest BCUT2D eigenvalue weighted by Crippen LogP contribution is 2.22. The number of para-hydroxylation sites is 2. The molecule has 0 spiro atoms. The van der Waals surface area contributed by atoms with Crippen molar-refractivity contribution < 1.29 is 4.79 Å². The Morgan fingerprint density at radius 1 is 1.38 bits per heavy atom. The summed E-state index contributed by atoms with van der Waals surface area (Å²) in [6.45, 7) is 4.20. The number of H-pyrrole nitrogens is 1. The molecule has 2 aromatic heterocycles. The molecule has 8 heteroatoms. The first-order valence-electron chi connectivity index (χ1n) is 9.11. The number of carbonyl (C=O) groups excluding carboxylic acids is 1. The summed E-state index contributed by atoms with van der Waals surface area (Å²) in [5, 5.41) is 10.8. The Balaban J connectivity index is 1.37. The Morgan fingerprint density at radius 2 is 2.27 bits per heavy atom. The molecule has 4 rings (SSSR count). The average Bonchev–Trinajstić information content (AvgIpc) is 3.27. The lowest BCUT2D eigenvalue weighted by molar-refractivity contribution is 0.176. The molecule has 26 heavy (non-hydrogen) atoms. The Kier molecular flexibility index (Phi) is 4.55. The van der Waals surface area contributed by atoms with Crippen LogP contribution in [0.2, 0.25) is 0 Å². The normalized spacial score (nSPS) is 17.6. The monoisotopic (exact) mass is 353 g/mol. The minimum atomic E-state index is -0.109. The quantitative estimate of drug-likeness (QED) is 0.754. The van der Waals surface area contributed by atoms with Gasteiger partial charge in [-0.3, -0.25) is 10.00 Å². The second-order valence-electron chi connectivity index (χ2n) is 6.75. The molecule has 8 nitrogen and oxygen atoms in total. The van der Waals surface area contributed by atoms with E-state index in [2.05, 4.69) is 25.6 Å². The predicted molar refractivity (Wildman–Crippen MR) is 98.8 cm³/mol. The number of amides is 2. The molecule has 136 valence electrons. The number of nitrogens with one attached hydrogen (secondary N) is 2. The van der Waals surface area contributed by atoms with E-state index in [1.54, 1.807) is 10.9 Å². The summed E-state index contributed by atoms with van der Waals surface area (Å²) in [6.07, 6.45) is 4.70. The van der Waals surface area contributed by atoms with E-state index in [0.717, 1.165) is 55.8 Å². The third-order valence-corrected chi connectivity index (χ3v) is 4.82. The summed E-state index contributed by atoms with van der Waals surface area (Å²) >= 11 is 0. The second-order valence-corrected chi connectivity index (χ2v) is 6.75. The fraction of sp³-hybridized carbons (Fsp3) is 0.444. The van der Waals surface area contributed by atoms with E-state index < -0.39 is 0 Å². The number of anilines is 1. The Bertz CT molecular complexity index is 867. The molecule has 0 aliphatic carbocycles. The van der Waals surface area contributed by atoms with Crippen molar-refractivity contribution in [3.63, 3.8) is 0 Å². The molecule has 0 radical (unpaired) electrons. The molecular formula is C18H23N7O. The summed E-state index contributed by atoms with van der Waals surface area (Å²) in [5.74, 6) is 1.89. The van der Waals surface area contributed by atoms with Crippen LogP contribution in [-0.4, -0.2) is 49.0 Å². The third kappa shape index (κ3) is 3.54. The van der Waals surface area contributed by atoms with Gasteiger partial charge in [0.25, 0.3) is 0 Å². The lowest BCUT2D eigenvalue weighted by atomic mass is 9.95. The molecule has 0 bridgehead atoms. The highest BCUT2D eigenvalue weighted by molar-refractivity contribution is 5.88. The number of piperidine rings is 1. The van der Waals surface area contributed by atoms with Gasteiger partial charge in [0.05, 0.1) is 17.2 Å². The maximum absolute atomic E-state index is 12.5. The lowest BCUT2D eigenvalue weighted by Gasteiger charge is -2.32. The molecule has 3 aromatic rings. The zero-order chi connectivity index (χ0) is 17.9. The SMILES string of the molecule is CCn1cc(NC(=O)N2CCCC(Cc3nc4ccccc4[nH]3)C2)nn1. The van der Waals surface area contributed by atoms with Gasteiger partial charge in [-0.25, -0.2) is 9.78 Å². The van der Waals surface area contributed by atoms with E-state index in [9.17, 15) is 4.79 Å². The zero-order valence-electron chi connectivity index (χ0n) is 14.9. The number of likely N-dealkylation sites (tertiary alicyclic amines) is 1. The van der Waals surface area contributed by atoms with Crippen LogP contribution in [0.15, 0.2) is 30.5 Å². The first-order chi connectivity index (χ1) is 12.7. The standard InChI is InChI=1S/C18H23N7O/c1-2-25-12-17(22-23-25)21-18(26)24-9-5-6-13(11-24)10-16-19-14-7-3-4-8-15(14)20-16/h3-4,7-8,12-13H,2,5-6,9-11H2,1H3,(H,19,20)(H,21,26). The molecule has 1 unspecified atom stereocenters. The van der Waals surface area contributed by atoms with Crippen LogP contribution in [0.1, 0.15) is 25.6 Å². The number of imidazole rings is 1. The van der Waals surface area contributed by atoms with Crippen molar-refractivity contribution in [3.8, 4) is 0 Å². The largest absolute Gasteiger partial charge is 0.342 e. The Morgan fingerprint density at radius 3 is 3.08 bits per heavy atom. The number of hydrogen-bond donors (Lipinski definition) is 2. The van der Waals surface area contributed by atoms with E-state index in [-0.39, 0.29) is 6.03 Å². The van der Waals surface area contributed by atoms with E-state index in [4.69, 9.17) is 0 Å². The summed E-state index contributed by atoms with van der Waals surface area (Å²) < 4.78 is 1.69. The van der Waals surface area contributed by atoms with Crippen LogP contribution >= 0.6 is 0 Å². The molecule has 1 atom stereocenters. The smallest absolute Gasteiger partial charge is 0.323 e. The van der Waals surface area contributed by atoms with Crippen molar-refractivity contribution in [2.24, 2.45) is 5.92 Å². The lowest BCUT2D eigenvalue weighted by Crippen LogP contribution is -2.43. The number of aromatic nitrogens is 5. The van der Waals surface area contributed by atoms with Gasteiger partial charge in [0.1, 0.15) is 5.82 Å². The van der Waals surface area contributed by atoms with Crippen LogP contribution in [0.4, 0.5) is 10.6 Å². The van der Waals surface area contributed by atoms with Gasteiger partial charge in [0, 0.05) is 26.1 Å². The highest BCUT2D eigenvalue weighted by Gasteiger charge is 2.25. The van der Waals surface area contributed by atoms with Gasteiger partial charge in [-0.2, -0.15) is 0 Å². The molecule has 1 fully saturated rings. The zero-order valence-corrected chi connectivity index (χ0v) is 14.9. The molecule has 1 aliphatic heterocycles. The maximum Gasteiger partial charge on any atom is 0.323 e. The molecule has 1 aromatic carbocycles. The van der Waals surface area contributed by atoms with E-state index in [1.807, 2.05) is 36.1 Å². The molecular weight excluding hydrogens is 330 g/mol. The van der Waals surface area contributed by atoms with Gasteiger partial charge in [0.2, 0.25) is 0 Å². The summed E-state index contributed by atoms with van der Waals surface area (Å²) in [6, 6.07) is 7.94. The summed E-state index contributed by atoms with van der Waals surface area (Å²) in [4.78, 5) is 22.4. The van der Waals surface area contributed by atoms with E-state index in [1.165, 1.54) is 0 Å². The van der Waals surface area contributed by atoms with Gasteiger partial charge >= 0.3 is 6.03 Å². The van der Waals surface area contributed by atoms with E-state index >= 15 is 0 Å². The van der Waals surface area contributed by atoms with Crippen LogP contribution < -0.4 is 5.32 Å². The van der Waals surface area contributed by atoms with Crippen molar-refractivity contribution in [2.45, 2.75) is 32.7 Å². The minimum Gasteiger partial charge on any atom is -0.342 e. The first kappa shape index (κ1) is 16.6. The van der Waals surface area contributed by atoms with Crippen molar-refractivity contribution >= 4 is 22.9 Å². The first-order valence-corrected chi connectivity index (χ1v) is 9.11. The number of fused-ring (bicyclic) bond motifs is 1. The number of benzene rings is 1. The number of rotatable bonds is 4. The Hall–Kier alpha value is -2.90. The fourth-order valence-electron chi connectivity index (χ4n) is 3.49. The van der Waals surface area contributed by atoms with Gasteiger partial charge < -0.3 is 9.88 Å². The van der Waals surface area contributed by atoms with Crippen molar-refractivity contribution in [2.75, 3.05) is 18.4 Å². The summed E-state index contributed by atoms with van der Waals surface area (Å²) in [7, 11) is 0. The predicted octanol–water partition coefficient (Wildman–Crippen LogP) is 2.66.